The highest BCUT2D eigenvalue weighted by Gasteiger charge is 2.29. The molecular formula is C26H24F3N5O4. The van der Waals surface area contributed by atoms with Gasteiger partial charge in [-0.15, -0.1) is 0 Å². The largest absolute Gasteiger partial charge is 0.493 e. The molecule has 1 aromatic carbocycles. The quantitative estimate of drug-likeness (QED) is 0.458. The van der Waals surface area contributed by atoms with Gasteiger partial charge in [0.25, 0.3) is 5.56 Å². The molecule has 0 saturated heterocycles. The van der Waals surface area contributed by atoms with E-state index in [0.29, 0.717) is 28.2 Å². The molecule has 0 unspecified atom stereocenters. The lowest BCUT2D eigenvalue weighted by molar-refractivity contribution is -0.154. The average Bonchev–Trinajstić information content (AvgIpc) is 2.89. The zero-order chi connectivity index (χ0) is 27.4. The molecule has 0 saturated carbocycles. The maximum atomic E-state index is 13.8. The normalized spacial score (nSPS) is 14.5. The summed E-state index contributed by atoms with van der Waals surface area (Å²) in [5, 5.41) is 11.0. The molecule has 0 fully saturated rings. The lowest BCUT2D eigenvalue weighted by Crippen LogP contribution is -2.27. The van der Waals surface area contributed by atoms with Crippen molar-refractivity contribution in [1.82, 2.24) is 19.9 Å². The molecule has 4 rings (SSSR count). The molecule has 198 valence electrons. The molecule has 0 spiro atoms. The zero-order valence-corrected chi connectivity index (χ0v) is 20.7. The first-order valence-corrected chi connectivity index (χ1v) is 11.3. The van der Waals surface area contributed by atoms with E-state index in [9.17, 15) is 18.0 Å². The van der Waals surface area contributed by atoms with Crippen molar-refractivity contribution in [2.24, 2.45) is 0 Å². The predicted octanol–water partition coefficient (Wildman–Crippen LogP) is 3.87. The minimum Gasteiger partial charge on any atom is -0.493 e. The third-order valence-electron chi connectivity index (χ3n) is 5.56. The first-order valence-electron chi connectivity index (χ1n) is 11.3. The lowest BCUT2D eigenvalue weighted by atomic mass is 9.99. The molecule has 3 aromatic rings. The molecule has 0 radical (unpaired) electrons. The summed E-state index contributed by atoms with van der Waals surface area (Å²) in [6.45, 7) is -1.52. The Morgan fingerprint density at radius 3 is 2.53 bits per heavy atom. The van der Waals surface area contributed by atoms with E-state index < -0.39 is 18.3 Å². The summed E-state index contributed by atoms with van der Waals surface area (Å²) in [5.41, 5.74) is 1.80. The molecular weight excluding hydrogens is 503 g/mol. The van der Waals surface area contributed by atoms with E-state index in [1.807, 2.05) is 0 Å². The number of fused-ring (bicyclic) bond motifs is 1. The molecule has 0 bridgehead atoms. The highest BCUT2D eigenvalue weighted by Crippen LogP contribution is 2.29. The topological polar surface area (TPSA) is 111 Å². The summed E-state index contributed by atoms with van der Waals surface area (Å²) in [5.74, 6) is 0.639. The molecule has 2 aromatic heterocycles. The van der Waals surface area contributed by atoms with E-state index in [2.05, 4.69) is 15.3 Å². The molecule has 9 nitrogen and oxygen atoms in total. The van der Waals surface area contributed by atoms with E-state index in [0.717, 1.165) is 0 Å². The number of aromatic nitrogens is 3. The van der Waals surface area contributed by atoms with E-state index in [4.69, 9.17) is 19.6 Å². The predicted molar refractivity (Wildman–Crippen MR) is 136 cm³/mol. The molecule has 0 atom stereocenters. The van der Waals surface area contributed by atoms with Gasteiger partial charge < -0.3 is 24.9 Å². The number of nitrogens with zero attached hydrogens (tertiary/aromatic N) is 3. The molecule has 1 aliphatic rings. The van der Waals surface area contributed by atoms with Crippen molar-refractivity contribution in [3.8, 4) is 17.4 Å². The van der Waals surface area contributed by atoms with Crippen LogP contribution in [0, 0.1) is 5.41 Å². The molecule has 0 aliphatic heterocycles. The molecule has 2 N–H and O–H groups in total. The van der Waals surface area contributed by atoms with Gasteiger partial charge in [0.15, 0.2) is 23.8 Å². The third-order valence-corrected chi connectivity index (χ3v) is 5.56. The van der Waals surface area contributed by atoms with Crippen LogP contribution in [-0.4, -0.2) is 54.3 Å². The first kappa shape index (κ1) is 26.5. The van der Waals surface area contributed by atoms with Crippen LogP contribution in [0.5, 0.6) is 17.4 Å². The number of ether oxygens (including phenoxy) is 3. The standard InChI is InChI=1S/C26H24F3N5O4/c1-31-12-17-11-16(5-6-18(17)30)23-25(35)34(13-15-4-8-20(36-2)21(10-15)37-3)24-19(32-23)7-9-22(33-24)38-14-26(27,28)29/h4-12,30-31H,13-14H2,1-3H3/b17-12-,30-18?. The summed E-state index contributed by atoms with van der Waals surface area (Å²) in [7, 11) is 4.68. The molecule has 38 heavy (non-hydrogen) atoms. The van der Waals surface area contributed by atoms with Gasteiger partial charge in [-0.3, -0.25) is 9.36 Å². The van der Waals surface area contributed by atoms with Gasteiger partial charge >= 0.3 is 6.18 Å². The Morgan fingerprint density at radius 2 is 1.84 bits per heavy atom. The van der Waals surface area contributed by atoms with Crippen LogP contribution in [0.3, 0.4) is 0 Å². The second kappa shape index (κ2) is 10.8. The highest BCUT2D eigenvalue weighted by atomic mass is 19.4. The number of methoxy groups -OCH3 is 2. The van der Waals surface area contributed by atoms with Crippen LogP contribution in [0.1, 0.15) is 11.3 Å². The fourth-order valence-corrected chi connectivity index (χ4v) is 3.82. The van der Waals surface area contributed by atoms with Crippen molar-refractivity contribution < 1.29 is 27.4 Å². The van der Waals surface area contributed by atoms with E-state index in [-0.39, 0.29) is 35.0 Å². The number of pyridine rings is 1. The second-order valence-corrected chi connectivity index (χ2v) is 8.17. The fraction of sp³-hybridized carbons (Fsp3) is 0.231. The van der Waals surface area contributed by atoms with Crippen molar-refractivity contribution in [3.63, 3.8) is 0 Å². The van der Waals surface area contributed by atoms with Crippen molar-refractivity contribution in [2.75, 3.05) is 27.9 Å². The Morgan fingerprint density at radius 1 is 1.08 bits per heavy atom. The Labute approximate surface area is 215 Å². The Kier molecular flexibility index (Phi) is 7.51. The second-order valence-electron chi connectivity index (χ2n) is 8.17. The van der Waals surface area contributed by atoms with E-state index in [1.54, 1.807) is 49.7 Å². The Bertz CT molecular complexity index is 1540. The van der Waals surface area contributed by atoms with Gasteiger partial charge in [-0.1, -0.05) is 12.1 Å². The van der Waals surface area contributed by atoms with Crippen molar-refractivity contribution >= 4 is 22.4 Å². The fourth-order valence-electron chi connectivity index (χ4n) is 3.82. The van der Waals surface area contributed by atoms with Gasteiger partial charge in [0.1, 0.15) is 11.2 Å². The SMILES string of the molecule is CN/C=C1/C=C(c2nc3ccc(OCC(F)(F)F)nc3n(Cc3ccc(OC)c(OC)c3)c2=O)C=CC1=N. The smallest absolute Gasteiger partial charge is 0.422 e. The van der Waals surface area contributed by atoms with Crippen LogP contribution in [0.25, 0.3) is 16.7 Å². The number of alkyl halides is 3. The maximum Gasteiger partial charge on any atom is 0.422 e. The summed E-state index contributed by atoms with van der Waals surface area (Å²) < 4.78 is 54.9. The average molecular weight is 528 g/mol. The number of rotatable bonds is 8. The number of halogens is 3. The van der Waals surface area contributed by atoms with Crippen molar-refractivity contribution in [2.45, 2.75) is 12.7 Å². The molecule has 1 aliphatic carbocycles. The summed E-state index contributed by atoms with van der Waals surface area (Å²) in [6, 6.07) is 7.82. The van der Waals surface area contributed by atoms with Crippen LogP contribution in [0.4, 0.5) is 13.2 Å². The number of nitrogens with one attached hydrogen (secondary N) is 2. The van der Waals surface area contributed by atoms with Crippen LogP contribution in [0.2, 0.25) is 0 Å². The van der Waals surface area contributed by atoms with Gasteiger partial charge in [0, 0.05) is 30.5 Å². The summed E-state index contributed by atoms with van der Waals surface area (Å²) in [4.78, 5) is 22.4. The van der Waals surface area contributed by atoms with Gasteiger partial charge in [-0.25, -0.2) is 4.98 Å². The van der Waals surface area contributed by atoms with E-state index in [1.165, 1.54) is 30.9 Å². The Balaban J connectivity index is 1.88. The van der Waals surface area contributed by atoms with Crippen LogP contribution in [-0.2, 0) is 6.54 Å². The van der Waals surface area contributed by atoms with Crippen molar-refractivity contribution in [1.29, 1.82) is 5.41 Å². The van der Waals surface area contributed by atoms with Gasteiger partial charge in [0.05, 0.1) is 26.5 Å². The van der Waals surface area contributed by atoms with Gasteiger partial charge in [-0.2, -0.15) is 18.2 Å². The number of benzene rings is 1. The number of hydrogen-bond acceptors (Lipinski definition) is 8. The molecule has 12 heteroatoms. The van der Waals surface area contributed by atoms with Gasteiger partial charge in [0.2, 0.25) is 5.88 Å². The first-order chi connectivity index (χ1) is 18.1. The van der Waals surface area contributed by atoms with Gasteiger partial charge in [-0.05, 0) is 35.9 Å². The molecule has 2 heterocycles. The van der Waals surface area contributed by atoms with E-state index >= 15 is 0 Å². The monoisotopic (exact) mass is 527 g/mol. The summed E-state index contributed by atoms with van der Waals surface area (Å²) >= 11 is 0. The minimum absolute atomic E-state index is 0.00690. The lowest BCUT2D eigenvalue weighted by Gasteiger charge is -2.16. The summed E-state index contributed by atoms with van der Waals surface area (Å²) in [6.07, 6.45) is 1.89. The van der Waals surface area contributed by atoms with Crippen molar-refractivity contribution in [3.05, 3.63) is 81.9 Å². The minimum atomic E-state index is -4.55. The third kappa shape index (κ3) is 5.69. The van der Waals surface area contributed by atoms with Crippen LogP contribution < -0.4 is 25.1 Å². The van der Waals surface area contributed by atoms with Crippen LogP contribution >= 0.6 is 0 Å². The maximum absolute atomic E-state index is 13.8. The van der Waals surface area contributed by atoms with Crippen LogP contribution in [0.15, 0.2) is 65.1 Å². The highest BCUT2D eigenvalue weighted by molar-refractivity contribution is 6.12. The zero-order valence-electron chi connectivity index (χ0n) is 20.7. The number of allylic oxidation sites excluding steroid dienone is 5. The number of hydrogen-bond donors (Lipinski definition) is 2. The molecule has 0 amide bonds. The Hall–Kier alpha value is -4.61.